The van der Waals surface area contributed by atoms with Gasteiger partial charge in [-0.1, -0.05) is 30.3 Å². The summed E-state index contributed by atoms with van der Waals surface area (Å²) < 4.78 is 5.40. The van der Waals surface area contributed by atoms with Gasteiger partial charge in [0.25, 0.3) is 0 Å². The molecule has 1 atom stereocenters. The van der Waals surface area contributed by atoms with Crippen LogP contribution in [-0.4, -0.2) is 64.7 Å². The summed E-state index contributed by atoms with van der Waals surface area (Å²) in [6.07, 6.45) is 1.25. The van der Waals surface area contributed by atoms with Crippen LogP contribution in [0.15, 0.2) is 30.3 Å². The van der Waals surface area contributed by atoms with Gasteiger partial charge in [0, 0.05) is 32.6 Å². The number of carboxylic acids is 1. The van der Waals surface area contributed by atoms with Crippen LogP contribution in [0.3, 0.4) is 0 Å². The molecule has 0 aliphatic carbocycles. The first kappa shape index (κ1) is 22.7. The van der Waals surface area contributed by atoms with Gasteiger partial charge in [-0.3, -0.25) is 9.59 Å². The smallest absolute Gasteiger partial charge is 0.410 e. The molecule has 7 heteroatoms. The van der Waals surface area contributed by atoms with E-state index in [2.05, 4.69) is 0 Å². The van der Waals surface area contributed by atoms with Gasteiger partial charge < -0.3 is 19.6 Å². The molecule has 0 bridgehead atoms. The molecule has 1 aromatic rings. The number of aliphatic carboxylic acids is 1. The number of piperidine rings is 1. The van der Waals surface area contributed by atoms with Gasteiger partial charge in [-0.25, -0.2) is 4.79 Å². The summed E-state index contributed by atoms with van der Waals surface area (Å²) in [5, 5.41) is 9.52. The Balaban J connectivity index is 1.87. The predicted molar refractivity (Wildman–Crippen MR) is 109 cm³/mol. The fraction of sp³-hybridized carbons (Fsp3) is 0.591. The Morgan fingerprint density at radius 2 is 1.76 bits per heavy atom. The number of amides is 2. The molecule has 1 saturated heterocycles. The number of carbonyl (C=O) groups excluding carboxylic acids is 2. The highest BCUT2D eigenvalue weighted by Crippen LogP contribution is 2.21. The van der Waals surface area contributed by atoms with Gasteiger partial charge in [-0.05, 0) is 45.6 Å². The fourth-order valence-corrected chi connectivity index (χ4v) is 3.47. The van der Waals surface area contributed by atoms with Gasteiger partial charge in [-0.2, -0.15) is 0 Å². The third-order valence-corrected chi connectivity index (χ3v) is 5.14. The minimum absolute atomic E-state index is 0.00786. The zero-order valence-electron chi connectivity index (χ0n) is 17.8. The number of likely N-dealkylation sites (tertiary alicyclic amines) is 1. The number of hydrogen-bond acceptors (Lipinski definition) is 4. The number of nitrogens with zero attached hydrogens (tertiary/aromatic N) is 2. The molecule has 1 fully saturated rings. The second kappa shape index (κ2) is 9.76. The highest BCUT2D eigenvalue weighted by Gasteiger charge is 2.31. The second-order valence-electron chi connectivity index (χ2n) is 8.63. The largest absolute Gasteiger partial charge is 0.481 e. The zero-order valence-corrected chi connectivity index (χ0v) is 17.8. The molecule has 0 unspecified atom stereocenters. The van der Waals surface area contributed by atoms with E-state index in [0.29, 0.717) is 32.4 Å². The van der Waals surface area contributed by atoms with E-state index in [0.717, 1.165) is 5.56 Å². The number of rotatable bonds is 6. The van der Waals surface area contributed by atoms with Crippen molar-refractivity contribution in [3.8, 4) is 0 Å². The molecule has 1 aliphatic heterocycles. The topological polar surface area (TPSA) is 87.2 Å². The highest BCUT2D eigenvalue weighted by molar-refractivity contribution is 5.82. The van der Waals surface area contributed by atoms with Gasteiger partial charge in [0.05, 0.1) is 5.92 Å². The zero-order chi connectivity index (χ0) is 21.6. The third-order valence-electron chi connectivity index (χ3n) is 5.14. The monoisotopic (exact) mass is 404 g/mol. The summed E-state index contributed by atoms with van der Waals surface area (Å²) in [5.41, 5.74) is 0.359. The van der Waals surface area contributed by atoms with Crippen molar-refractivity contribution in [2.45, 2.75) is 58.1 Å². The van der Waals surface area contributed by atoms with E-state index in [4.69, 9.17) is 4.74 Å². The summed E-state index contributed by atoms with van der Waals surface area (Å²) in [5.74, 6) is -1.85. The lowest BCUT2D eigenvalue weighted by Gasteiger charge is -2.37. The molecular formula is C22H32N2O5. The van der Waals surface area contributed by atoms with E-state index in [-0.39, 0.29) is 24.5 Å². The number of carboxylic acid groups (broad SMARTS) is 1. The minimum atomic E-state index is -0.957. The molecule has 0 spiro atoms. The first-order chi connectivity index (χ1) is 13.6. The van der Waals surface area contributed by atoms with Gasteiger partial charge in [0.2, 0.25) is 5.91 Å². The molecule has 0 radical (unpaired) electrons. The van der Waals surface area contributed by atoms with Crippen LogP contribution < -0.4 is 0 Å². The van der Waals surface area contributed by atoms with Crippen molar-refractivity contribution >= 4 is 18.0 Å². The summed E-state index contributed by atoms with van der Waals surface area (Å²) >= 11 is 0. The average molecular weight is 405 g/mol. The molecule has 1 N–H and O–H groups in total. The van der Waals surface area contributed by atoms with Crippen LogP contribution in [0, 0.1) is 5.92 Å². The van der Waals surface area contributed by atoms with Crippen molar-refractivity contribution in [3.63, 3.8) is 0 Å². The molecule has 0 saturated carbocycles. The Bertz CT molecular complexity index is 706. The Morgan fingerprint density at radius 1 is 1.17 bits per heavy atom. The van der Waals surface area contributed by atoms with Gasteiger partial charge in [0.15, 0.2) is 0 Å². The van der Waals surface area contributed by atoms with Crippen molar-refractivity contribution in [2.75, 3.05) is 20.1 Å². The molecule has 2 rings (SSSR count). The Kier molecular flexibility index (Phi) is 7.65. The van der Waals surface area contributed by atoms with E-state index in [9.17, 15) is 19.5 Å². The average Bonchev–Trinajstić information content (AvgIpc) is 2.66. The van der Waals surface area contributed by atoms with Gasteiger partial charge in [-0.15, -0.1) is 0 Å². The molecule has 160 valence electrons. The summed E-state index contributed by atoms with van der Waals surface area (Å²) in [7, 11) is 1.72. The first-order valence-corrected chi connectivity index (χ1v) is 10.1. The van der Waals surface area contributed by atoms with Crippen molar-refractivity contribution in [3.05, 3.63) is 35.9 Å². The lowest BCUT2D eigenvalue weighted by Crippen LogP contribution is -2.48. The van der Waals surface area contributed by atoms with Crippen LogP contribution in [0.5, 0.6) is 0 Å². The van der Waals surface area contributed by atoms with Gasteiger partial charge in [0.1, 0.15) is 5.60 Å². The molecule has 29 heavy (non-hydrogen) atoms. The standard InChI is InChI=1S/C22H32N2O5/c1-22(2,3)29-21(28)23(4)18-10-12-24(13-11-18)19(25)15-17(20(26)27)14-16-8-6-5-7-9-16/h5-9,17-18H,10-15H2,1-4H3,(H,26,27)/t17-/m0/s1. The van der Waals surface area contributed by atoms with Crippen LogP contribution in [0.1, 0.15) is 45.6 Å². The van der Waals surface area contributed by atoms with Crippen molar-refractivity contribution in [1.82, 2.24) is 9.80 Å². The molecule has 1 aliphatic rings. The van der Waals surface area contributed by atoms with Crippen LogP contribution >= 0.6 is 0 Å². The molecular weight excluding hydrogens is 372 g/mol. The van der Waals surface area contributed by atoms with Gasteiger partial charge >= 0.3 is 12.1 Å². The maximum absolute atomic E-state index is 12.7. The normalized spacial score (nSPS) is 16.2. The Hall–Kier alpha value is -2.57. The predicted octanol–water partition coefficient (Wildman–Crippen LogP) is 3.18. The number of benzene rings is 1. The van der Waals surface area contributed by atoms with Crippen molar-refractivity contribution in [2.24, 2.45) is 5.92 Å². The molecule has 2 amide bonds. The molecule has 1 heterocycles. The quantitative estimate of drug-likeness (QED) is 0.787. The van der Waals surface area contributed by atoms with E-state index in [1.54, 1.807) is 16.8 Å². The molecule has 0 aromatic heterocycles. The highest BCUT2D eigenvalue weighted by atomic mass is 16.6. The SMILES string of the molecule is CN(C(=O)OC(C)(C)C)C1CCN(C(=O)C[C@H](Cc2ccccc2)C(=O)O)CC1. The summed E-state index contributed by atoms with van der Waals surface area (Å²) in [6.45, 7) is 6.50. The third kappa shape index (κ3) is 7.07. The minimum Gasteiger partial charge on any atom is -0.481 e. The van der Waals surface area contributed by atoms with Crippen molar-refractivity contribution < 1.29 is 24.2 Å². The van der Waals surface area contributed by atoms with E-state index in [1.165, 1.54) is 0 Å². The maximum Gasteiger partial charge on any atom is 0.410 e. The fourth-order valence-electron chi connectivity index (χ4n) is 3.47. The van der Waals surface area contributed by atoms with Crippen LogP contribution in [0.2, 0.25) is 0 Å². The second-order valence-corrected chi connectivity index (χ2v) is 8.63. The molecule has 7 nitrogen and oxygen atoms in total. The number of carbonyl (C=O) groups is 3. The van der Waals surface area contributed by atoms with Crippen molar-refractivity contribution in [1.29, 1.82) is 0 Å². The van der Waals surface area contributed by atoms with Crippen LogP contribution in [0.4, 0.5) is 4.79 Å². The Morgan fingerprint density at radius 3 is 2.28 bits per heavy atom. The van der Waals surface area contributed by atoms with Crippen LogP contribution in [0.25, 0.3) is 0 Å². The van der Waals surface area contributed by atoms with E-state index >= 15 is 0 Å². The summed E-state index contributed by atoms with van der Waals surface area (Å²) in [4.78, 5) is 39.8. The van der Waals surface area contributed by atoms with E-state index in [1.807, 2.05) is 51.1 Å². The number of hydrogen-bond donors (Lipinski definition) is 1. The molecule has 1 aromatic carbocycles. The first-order valence-electron chi connectivity index (χ1n) is 10.1. The van der Waals surface area contributed by atoms with Crippen LogP contribution in [-0.2, 0) is 20.7 Å². The Labute approximate surface area is 172 Å². The van der Waals surface area contributed by atoms with E-state index < -0.39 is 17.5 Å². The lowest BCUT2D eigenvalue weighted by molar-refractivity contribution is -0.146. The number of ether oxygens (including phenoxy) is 1. The lowest BCUT2D eigenvalue weighted by atomic mass is 9.95. The maximum atomic E-state index is 12.7. The summed E-state index contributed by atoms with van der Waals surface area (Å²) in [6, 6.07) is 9.36.